The second-order valence-electron chi connectivity index (χ2n) is 4.14. The molecular weight excluding hydrogens is 309 g/mol. The molecule has 0 aromatic carbocycles. The van der Waals surface area contributed by atoms with E-state index in [4.69, 9.17) is 0 Å². The van der Waals surface area contributed by atoms with Crippen molar-refractivity contribution in [3.05, 3.63) is 28.5 Å². The highest BCUT2D eigenvalue weighted by molar-refractivity contribution is 7.09. The number of carbonyl (C=O) groups is 1. The molecule has 0 bridgehead atoms. The molecule has 0 aliphatic rings. The fraction of sp³-hybridized carbons (Fsp3) is 0.364. The molecule has 0 unspecified atom stereocenters. The van der Waals surface area contributed by atoms with Crippen LogP contribution in [0.1, 0.15) is 23.5 Å². The number of aromatic nitrogens is 2. The van der Waals surface area contributed by atoms with Gasteiger partial charge in [0.1, 0.15) is 6.26 Å². The van der Waals surface area contributed by atoms with Crippen molar-refractivity contribution in [2.24, 2.45) is 0 Å². The van der Waals surface area contributed by atoms with Gasteiger partial charge < -0.3 is 9.73 Å². The van der Waals surface area contributed by atoms with Crippen molar-refractivity contribution in [2.45, 2.75) is 19.0 Å². The van der Waals surface area contributed by atoms with E-state index < -0.39 is 23.9 Å². The van der Waals surface area contributed by atoms with Crippen molar-refractivity contribution in [3.8, 4) is 0 Å². The van der Waals surface area contributed by atoms with Crippen LogP contribution in [0.3, 0.4) is 0 Å². The SMILES string of the molecule is C[C@H](CNC(=O)Nc1nc(C(F)(F)F)co1)c1nccs1. The second kappa shape index (κ2) is 6.12. The first-order valence-corrected chi connectivity index (χ1v) is 6.71. The molecule has 2 aromatic rings. The zero-order valence-corrected chi connectivity index (χ0v) is 11.6. The Morgan fingerprint density at radius 3 is 2.86 bits per heavy atom. The smallest absolute Gasteiger partial charge is 0.431 e. The maximum absolute atomic E-state index is 12.3. The number of oxazole rings is 1. The molecule has 2 heterocycles. The molecule has 0 aliphatic carbocycles. The maximum Gasteiger partial charge on any atom is 0.436 e. The van der Waals surface area contributed by atoms with E-state index in [1.807, 2.05) is 12.3 Å². The number of amides is 2. The number of nitrogens with zero attached hydrogens (tertiary/aromatic N) is 2. The largest absolute Gasteiger partial charge is 0.436 e. The van der Waals surface area contributed by atoms with Crippen LogP contribution in [0.15, 0.2) is 22.3 Å². The Balaban J connectivity index is 1.83. The Morgan fingerprint density at radius 1 is 1.52 bits per heavy atom. The highest BCUT2D eigenvalue weighted by Crippen LogP contribution is 2.29. The second-order valence-corrected chi connectivity index (χ2v) is 5.07. The third kappa shape index (κ3) is 4.18. The van der Waals surface area contributed by atoms with E-state index in [1.54, 1.807) is 6.20 Å². The van der Waals surface area contributed by atoms with Crippen molar-refractivity contribution in [1.29, 1.82) is 0 Å². The predicted molar refractivity (Wildman–Crippen MR) is 69.1 cm³/mol. The number of carbonyl (C=O) groups excluding carboxylic acids is 1. The van der Waals surface area contributed by atoms with E-state index in [9.17, 15) is 18.0 Å². The molecule has 2 rings (SSSR count). The molecule has 114 valence electrons. The molecular formula is C11H11F3N4O2S. The third-order valence-corrected chi connectivity index (χ3v) is 3.46. The number of anilines is 1. The summed E-state index contributed by atoms with van der Waals surface area (Å²) >= 11 is 1.45. The average Bonchev–Trinajstić information content (AvgIpc) is 3.05. The van der Waals surface area contributed by atoms with Crippen LogP contribution in [-0.4, -0.2) is 22.5 Å². The molecule has 0 saturated heterocycles. The average molecular weight is 320 g/mol. The number of hydrogen-bond acceptors (Lipinski definition) is 5. The zero-order valence-electron chi connectivity index (χ0n) is 10.8. The van der Waals surface area contributed by atoms with Gasteiger partial charge in [-0.15, -0.1) is 11.3 Å². The van der Waals surface area contributed by atoms with Crippen LogP contribution in [0.5, 0.6) is 0 Å². The van der Waals surface area contributed by atoms with Gasteiger partial charge in [-0.1, -0.05) is 6.92 Å². The van der Waals surface area contributed by atoms with Gasteiger partial charge in [0.25, 0.3) is 0 Å². The van der Waals surface area contributed by atoms with Gasteiger partial charge >= 0.3 is 18.2 Å². The minimum atomic E-state index is -4.61. The minimum absolute atomic E-state index is 0.00829. The standard InChI is InChI=1S/C11H11F3N4O2S/c1-6(8-15-2-3-21-8)4-16-9(19)18-10-17-7(5-20-10)11(12,13)14/h2-3,5-6H,4H2,1H3,(H2,16,17,18,19)/t6-/m1/s1. The van der Waals surface area contributed by atoms with E-state index in [-0.39, 0.29) is 12.5 Å². The lowest BCUT2D eigenvalue weighted by atomic mass is 10.2. The monoisotopic (exact) mass is 320 g/mol. The van der Waals surface area contributed by atoms with Gasteiger partial charge in [-0.3, -0.25) is 5.32 Å². The quantitative estimate of drug-likeness (QED) is 0.907. The fourth-order valence-corrected chi connectivity index (χ4v) is 2.11. The van der Waals surface area contributed by atoms with Crippen LogP contribution in [0, 0.1) is 0 Å². The van der Waals surface area contributed by atoms with Crippen LogP contribution in [0.25, 0.3) is 0 Å². The first-order chi connectivity index (χ1) is 9.86. The van der Waals surface area contributed by atoms with Gasteiger partial charge in [0.2, 0.25) is 0 Å². The first kappa shape index (κ1) is 15.3. The highest BCUT2D eigenvalue weighted by atomic mass is 32.1. The number of urea groups is 1. The van der Waals surface area contributed by atoms with Gasteiger partial charge in [0.15, 0.2) is 5.69 Å². The molecule has 6 nitrogen and oxygen atoms in total. The molecule has 1 atom stereocenters. The summed E-state index contributed by atoms with van der Waals surface area (Å²) in [7, 11) is 0. The van der Waals surface area contributed by atoms with E-state index >= 15 is 0 Å². The van der Waals surface area contributed by atoms with E-state index in [0.29, 0.717) is 6.26 Å². The lowest BCUT2D eigenvalue weighted by Crippen LogP contribution is -2.31. The number of thiazole rings is 1. The summed E-state index contributed by atoms with van der Waals surface area (Å²) in [4.78, 5) is 18.7. The Kier molecular flexibility index (Phi) is 4.46. The van der Waals surface area contributed by atoms with Crippen LogP contribution in [0.2, 0.25) is 0 Å². The maximum atomic E-state index is 12.3. The van der Waals surface area contributed by atoms with Crippen LogP contribution in [-0.2, 0) is 6.18 Å². The minimum Gasteiger partial charge on any atom is -0.431 e. The number of nitrogens with one attached hydrogen (secondary N) is 2. The molecule has 0 spiro atoms. The van der Waals surface area contributed by atoms with Crippen molar-refractivity contribution in [1.82, 2.24) is 15.3 Å². The topological polar surface area (TPSA) is 80.0 Å². The molecule has 2 N–H and O–H groups in total. The summed E-state index contributed by atoms with van der Waals surface area (Å²) in [6.45, 7) is 2.15. The number of rotatable bonds is 4. The van der Waals surface area contributed by atoms with E-state index in [2.05, 4.69) is 25.0 Å². The number of alkyl halides is 3. The van der Waals surface area contributed by atoms with Crippen molar-refractivity contribution in [2.75, 3.05) is 11.9 Å². The predicted octanol–water partition coefficient (Wildman–Crippen LogP) is 3.08. The van der Waals surface area contributed by atoms with Gasteiger partial charge in [0, 0.05) is 24.0 Å². The van der Waals surface area contributed by atoms with Crippen molar-refractivity contribution in [3.63, 3.8) is 0 Å². The van der Waals surface area contributed by atoms with Crippen LogP contribution >= 0.6 is 11.3 Å². The molecule has 21 heavy (non-hydrogen) atoms. The summed E-state index contributed by atoms with van der Waals surface area (Å²) in [5.74, 6) is -0.00829. The molecule has 2 aromatic heterocycles. The Bertz CT molecular complexity index is 597. The Hall–Kier alpha value is -2.10. The lowest BCUT2D eigenvalue weighted by molar-refractivity contribution is -0.141. The molecule has 0 radical (unpaired) electrons. The van der Waals surface area contributed by atoms with Crippen molar-refractivity contribution < 1.29 is 22.4 Å². The summed E-state index contributed by atoms with van der Waals surface area (Å²) in [5.41, 5.74) is -1.20. The molecule has 0 saturated carbocycles. The van der Waals surface area contributed by atoms with Gasteiger partial charge in [-0.25, -0.2) is 9.78 Å². The Labute approximate surface area is 121 Å². The Morgan fingerprint density at radius 2 is 2.29 bits per heavy atom. The summed E-state index contributed by atoms with van der Waals surface area (Å²) in [6.07, 6.45) is -2.52. The van der Waals surface area contributed by atoms with Crippen molar-refractivity contribution >= 4 is 23.4 Å². The van der Waals surface area contributed by atoms with Gasteiger partial charge in [-0.05, 0) is 0 Å². The van der Waals surface area contributed by atoms with Crippen LogP contribution < -0.4 is 10.6 Å². The normalized spacial score (nSPS) is 13.0. The molecule has 0 fully saturated rings. The number of hydrogen-bond donors (Lipinski definition) is 2. The summed E-state index contributed by atoms with van der Waals surface area (Å²) in [6, 6.07) is -1.21. The van der Waals surface area contributed by atoms with E-state index in [0.717, 1.165) is 5.01 Å². The molecule has 2 amide bonds. The van der Waals surface area contributed by atoms with Gasteiger partial charge in [0.05, 0.1) is 5.01 Å². The first-order valence-electron chi connectivity index (χ1n) is 5.83. The van der Waals surface area contributed by atoms with Crippen LogP contribution in [0.4, 0.5) is 24.0 Å². The summed E-state index contributed by atoms with van der Waals surface area (Å²) < 4.78 is 41.4. The molecule has 0 aliphatic heterocycles. The number of halogens is 3. The van der Waals surface area contributed by atoms with Gasteiger partial charge in [-0.2, -0.15) is 18.2 Å². The summed E-state index contributed by atoms with van der Waals surface area (Å²) in [5, 5.41) is 7.26. The fourth-order valence-electron chi connectivity index (χ4n) is 1.41. The van der Waals surface area contributed by atoms with E-state index in [1.165, 1.54) is 11.3 Å². The zero-order chi connectivity index (χ0) is 15.5. The third-order valence-electron chi connectivity index (χ3n) is 2.46. The lowest BCUT2D eigenvalue weighted by Gasteiger charge is -2.09. The highest BCUT2D eigenvalue weighted by Gasteiger charge is 2.35. The molecule has 10 heteroatoms.